The second-order valence-electron chi connectivity index (χ2n) is 5.49. The Labute approximate surface area is 169 Å². The van der Waals surface area contributed by atoms with Gasteiger partial charge in [-0.25, -0.2) is 4.98 Å². The minimum absolute atomic E-state index is 0.0840. The standard InChI is InChI=1S/C17H19BrClN3O3S/c1-3-6-20-15(23)8-12-9-26-17(21-12)22-16(24)10(2)25-14-5-4-11(19)7-13(14)18/h4-5,7,9-10H,3,6,8H2,1-2H3,(H,20,23)(H,21,22,24). The maximum Gasteiger partial charge on any atom is 0.266 e. The van der Waals surface area contributed by atoms with E-state index in [2.05, 4.69) is 31.5 Å². The average molecular weight is 461 g/mol. The summed E-state index contributed by atoms with van der Waals surface area (Å²) in [5, 5.41) is 8.24. The Kier molecular flexibility index (Phi) is 7.86. The van der Waals surface area contributed by atoms with E-state index in [1.54, 1.807) is 30.5 Å². The number of hydrogen-bond donors (Lipinski definition) is 2. The lowest BCUT2D eigenvalue weighted by Gasteiger charge is -2.15. The van der Waals surface area contributed by atoms with Crippen LogP contribution in [0.4, 0.5) is 5.13 Å². The first-order valence-corrected chi connectivity index (χ1v) is 10.1. The van der Waals surface area contributed by atoms with Gasteiger partial charge in [0.2, 0.25) is 5.91 Å². The van der Waals surface area contributed by atoms with Crippen molar-refractivity contribution in [3.8, 4) is 5.75 Å². The molecule has 0 spiro atoms. The third-order valence-electron chi connectivity index (χ3n) is 3.26. The van der Waals surface area contributed by atoms with E-state index >= 15 is 0 Å². The number of thiazole rings is 1. The predicted octanol–water partition coefficient (Wildman–Crippen LogP) is 4.03. The normalized spacial score (nSPS) is 11.7. The summed E-state index contributed by atoms with van der Waals surface area (Å²) in [5.74, 6) is 0.104. The van der Waals surface area contributed by atoms with Crippen LogP contribution in [0.2, 0.25) is 5.02 Å². The molecule has 1 aromatic heterocycles. The molecule has 0 aliphatic heterocycles. The molecule has 6 nitrogen and oxygen atoms in total. The molecular formula is C17H19BrClN3O3S. The SMILES string of the molecule is CCCNC(=O)Cc1csc(NC(=O)C(C)Oc2ccc(Cl)cc2Br)n1. The Balaban J connectivity index is 1.89. The van der Waals surface area contributed by atoms with Gasteiger partial charge in [0.05, 0.1) is 16.6 Å². The monoisotopic (exact) mass is 459 g/mol. The van der Waals surface area contributed by atoms with Crippen LogP contribution < -0.4 is 15.4 Å². The van der Waals surface area contributed by atoms with Gasteiger partial charge in [-0.15, -0.1) is 11.3 Å². The number of ether oxygens (including phenoxy) is 1. The van der Waals surface area contributed by atoms with Gasteiger partial charge in [0, 0.05) is 16.9 Å². The Morgan fingerprint density at radius 3 is 2.88 bits per heavy atom. The fraction of sp³-hybridized carbons (Fsp3) is 0.353. The maximum absolute atomic E-state index is 12.3. The predicted molar refractivity (Wildman–Crippen MR) is 107 cm³/mol. The van der Waals surface area contributed by atoms with Gasteiger partial charge in [-0.1, -0.05) is 18.5 Å². The zero-order valence-electron chi connectivity index (χ0n) is 14.3. The largest absolute Gasteiger partial charge is 0.480 e. The zero-order valence-corrected chi connectivity index (χ0v) is 17.5. The smallest absolute Gasteiger partial charge is 0.266 e. The lowest BCUT2D eigenvalue weighted by atomic mass is 10.3. The number of hydrogen-bond acceptors (Lipinski definition) is 5. The van der Waals surface area contributed by atoms with Crippen LogP contribution in [0.25, 0.3) is 0 Å². The molecule has 0 saturated carbocycles. The number of rotatable bonds is 8. The molecule has 2 amide bonds. The second-order valence-corrected chi connectivity index (χ2v) is 7.64. The molecule has 2 aromatic rings. The van der Waals surface area contributed by atoms with Crippen molar-refractivity contribution in [2.24, 2.45) is 0 Å². The highest BCUT2D eigenvalue weighted by Gasteiger charge is 2.18. The molecule has 140 valence electrons. The fourth-order valence-electron chi connectivity index (χ4n) is 1.96. The summed E-state index contributed by atoms with van der Waals surface area (Å²) < 4.78 is 6.31. The van der Waals surface area contributed by atoms with Crippen LogP contribution in [0.15, 0.2) is 28.1 Å². The molecule has 26 heavy (non-hydrogen) atoms. The van der Waals surface area contributed by atoms with Crippen molar-refractivity contribution >= 4 is 55.8 Å². The lowest BCUT2D eigenvalue weighted by molar-refractivity contribution is -0.122. The third-order valence-corrected chi connectivity index (χ3v) is 4.92. The summed E-state index contributed by atoms with van der Waals surface area (Å²) in [4.78, 5) is 28.2. The molecule has 0 aliphatic carbocycles. The minimum Gasteiger partial charge on any atom is -0.480 e. The topological polar surface area (TPSA) is 80.3 Å². The van der Waals surface area contributed by atoms with E-state index in [0.29, 0.717) is 32.6 Å². The van der Waals surface area contributed by atoms with Crippen LogP contribution in [0.1, 0.15) is 26.0 Å². The quantitative estimate of drug-likeness (QED) is 0.623. The van der Waals surface area contributed by atoms with Crippen molar-refractivity contribution in [1.29, 1.82) is 0 Å². The molecule has 2 N–H and O–H groups in total. The van der Waals surface area contributed by atoms with Crippen molar-refractivity contribution in [3.63, 3.8) is 0 Å². The van der Waals surface area contributed by atoms with Crippen LogP contribution in [0, 0.1) is 0 Å². The number of nitrogens with one attached hydrogen (secondary N) is 2. The highest BCUT2D eigenvalue weighted by atomic mass is 79.9. The fourth-order valence-corrected chi connectivity index (χ4v) is 3.45. The molecule has 9 heteroatoms. The summed E-state index contributed by atoms with van der Waals surface area (Å²) in [6.07, 6.45) is 0.342. The Morgan fingerprint density at radius 1 is 1.42 bits per heavy atom. The van der Waals surface area contributed by atoms with Crippen LogP contribution in [0.5, 0.6) is 5.75 Å². The summed E-state index contributed by atoms with van der Waals surface area (Å²) in [5.41, 5.74) is 0.618. The first-order chi connectivity index (χ1) is 12.4. The molecule has 0 fully saturated rings. The van der Waals surface area contributed by atoms with Crippen molar-refractivity contribution in [2.45, 2.75) is 32.8 Å². The molecule has 0 saturated heterocycles. The summed E-state index contributed by atoms with van der Waals surface area (Å²) in [6.45, 7) is 4.27. The van der Waals surface area contributed by atoms with Crippen molar-refractivity contribution < 1.29 is 14.3 Å². The Bertz CT molecular complexity index is 784. The van der Waals surface area contributed by atoms with Gasteiger partial charge in [-0.3, -0.25) is 14.9 Å². The van der Waals surface area contributed by atoms with E-state index in [0.717, 1.165) is 6.42 Å². The minimum atomic E-state index is -0.729. The second kappa shape index (κ2) is 9.89. The zero-order chi connectivity index (χ0) is 19.1. The van der Waals surface area contributed by atoms with E-state index in [1.807, 2.05) is 6.92 Å². The molecule has 1 atom stereocenters. The Morgan fingerprint density at radius 2 is 2.19 bits per heavy atom. The number of nitrogens with zero attached hydrogens (tertiary/aromatic N) is 1. The summed E-state index contributed by atoms with van der Waals surface area (Å²) in [7, 11) is 0. The molecule has 0 radical (unpaired) electrons. The number of amides is 2. The molecule has 1 aromatic carbocycles. The van der Waals surface area contributed by atoms with E-state index in [9.17, 15) is 9.59 Å². The molecule has 0 aliphatic rings. The number of aromatic nitrogens is 1. The van der Waals surface area contributed by atoms with E-state index in [-0.39, 0.29) is 18.2 Å². The van der Waals surface area contributed by atoms with Gasteiger partial charge in [0.25, 0.3) is 5.91 Å². The van der Waals surface area contributed by atoms with Gasteiger partial charge >= 0.3 is 0 Å². The number of halogens is 2. The molecule has 1 heterocycles. The molecule has 2 rings (SSSR count). The van der Waals surface area contributed by atoms with Gasteiger partial charge in [-0.2, -0.15) is 0 Å². The first-order valence-electron chi connectivity index (χ1n) is 8.02. The highest BCUT2D eigenvalue weighted by Crippen LogP contribution is 2.29. The molecular weight excluding hydrogens is 442 g/mol. The van der Waals surface area contributed by atoms with Gasteiger partial charge in [0.15, 0.2) is 11.2 Å². The van der Waals surface area contributed by atoms with Crippen molar-refractivity contribution in [2.75, 3.05) is 11.9 Å². The number of carbonyl (C=O) groups excluding carboxylic acids is 2. The lowest BCUT2D eigenvalue weighted by Crippen LogP contribution is -2.30. The van der Waals surface area contributed by atoms with E-state index < -0.39 is 6.10 Å². The van der Waals surface area contributed by atoms with E-state index in [4.69, 9.17) is 16.3 Å². The highest BCUT2D eigenvalue weighted by molar-refractivity contribution is 9.10. The Hall–Kier alpha value is -1.64. The third kappa shape index (κ3) is 6.26. The number of anilines is 1. The van der Waals surface area contributed by atoms with Gasteiger partial charge in [0.1, 0.15) is 5.75 Å². The maximum atomic E-state index is 12.3. The molecule has 1 unspecified atom stereocenters. The number of benzene rings is 1. The average Bonchev–Trinajstić information content (AvgIpc) is 3.02. The summed E-state index contributed by atoms with van der Waals surface area (Å²) in [6, 6.07) is 5.06. The van der Waals surface area contributed by atoms with Gasteiger partial charge < -0.3 is 10.1 Å². The van der Waals surface area contributed by atoms with Gasteiger partial charge in [-0.05, 0) is 47.5 Å². The van der Waals surface area contributed by atoms with Crippen molar-refractivity contribution in [1.82, 2.24) is 10.3 Å². The van der Waals surface area contributed by atoms with Crippen LogP contribution in [-0.2, 0) is 16.0 Å². The number of carbonyl (C=O) groups is 2. The van der Waals surface area contributed by atoms with Crippen LogP contribution >= 0.6 is 38.9 Å². The first kappa shape index (κ1) is 20.7. The molecule has 0 bridgehead atoms. The van der Waals surface area contributed by atoms with Crippen LogP contribution in [0.3, 0.4) is 0 Å². The van der Waals surface area contributed by atoms with Crippen LogP contribution in [-0.4, -0.2) is 29.4 Å². The summed E-state index contributed by atoms with van der Waals surface area (Å²) >= 11 is 10.5. The van der Waals surface area contributed by atoms with Crippen molar-refractivity contribution in [3.05, 3.63) is 38.8 Å². The van der Waals surface area contributed by atoms with E-state index in [1.165, 1.54) is 11.3 Å².